The van der Waals surface area contributed by atoms with Gasteiger partial charge in [-0.15, -0.1) is 0 Å². The maximum atomic E-state index is 9.29. The Bertz CT molecular complexity index is 578. The van der Waals surface area contributed by atoms with E-state index in [1.807, 2.05) is 16.8 Å². The Hall–Kier alpha value is -1.88. The van der Waals surface area contributed by atoms with E-state index in [1.54, 1.807) is 18.5 Å². The van der Waals surface area contributed by atoms with Gasteiger partial charge in [0.1, 0.15) is 17.9 Å². The number of nitrogens with zero attached hydrogens (tertiary/aromatic N) is 3. The van der Waals surface area contributed by atoms with Crippen molar-refractivity contribution >= 4 is 0 Å². The van der Waals surface area contributed by atoms with Crippen molar-refractivity contribution in [3.63, 3.8) is 0 Å². The van der Waals surface area contributed by atoms with E-state index in [0.717, 1.165) is 38.1 Å². The first-order valence-corrected chi connectivity index (χ1v) is 7.61. The number of phenols is 1. The van der Waals surface area contributed by atoms with Gasteiger partial charge < -0.3 is 10.4 Å². The maximum absolute atomic E-state index is 9.29. The molecule has 0 spiro atoms. The molecule has 0 aliphatic carbocycles. The van der Waals surface area contributed by atoms with Gasteiger partial charge in [-0.1, -0.05) is 12.1 Å². The largest absolute Gasteiger partial charge is 0.508 e. The van der Waals surface area contributed by atoms with E-state index in [0.29, 0.717) is 17.8 Å². The minimum absolute atomic E-state index is 0.329. The minimum Gasteiger partial charge on any atom is -0.508 e. The van der Waals surface area contributed by atoms with Crippen LogP contribution in [0.2, 0.25) is 0 Å². The van der Waals surface area contributed by atoms with Gasteiger partial charge in [-0.3, -0.25) is 0 Å². The first-order chi connectivity index (χ1) is 10.2. The summed E-state index contributed by atoms with van der Waals surface area (Å²) in [6, 6.07) is 8.43. The Morgan fingerprint density at radius 1 is 1.38 bits per heavy atom. The van der Waals surface area contributed by atoms with E-state index < -0.39 is 0 Å². The van der Waals surface area contributed by atoms with Gasteiger partial charge >= 0.3 is 0 Å². The van der Waals surface area contributed by atoms with Gasteiger partial charge in [0.25, 0.3) is 0 Å². The molecule has 1 aromatic heterocycles. The molecule has 5 heteroatoms. The van der Waals surface area contributed by atoms with Crippen LogP contribution in [0.1, 0.15) is 31.2 Å². The van der Waals surface area contributed by atoms with E-state index in [1.165, 1.54) is 5.56 Å². The number of aryl methyl sites for hydroxylation is 2. The van der Waals surface area contributed by atoms with Crippen LogP contribution >= 0.6 is 0 Å². The summed E-state index contributed by atoms with van der Waals surface area (Å²) in [5.41, 5.74) is 1.27. The molecule has 0 saturated carbocycles. The van der Waals surface area contributed by atoms with Crippen molar-refractivity contribution in [3.8, 4) is 5.75 Å². The second kappa shape index (κ2) is 6.26. The van der Waals surface area contributed by atoms with Crippen LogP contribution in [0, 0.1) is 0 Å². The fourth-order valence-corrected chi connectivity index (χ4v) is 2.91. The third-order valence-corrected chi connectivity index (χ3v) is 4.13. The molecule has 3 rings (SSSR count). The summed E-state index contributed by atoms with van der Waals surface area (Å²) in [6.45, 7) is 3.15. The molecule has 1 aromatic carbocycles. The van der Waals surface area contributed by atoms with Crippen molar-refractivity contribution in [2.45, 2.75) is 51.2 Å². The lowest BCUT2D eigenvalue weighted by molar-refractivity contribution is 0.326. The Labute approximate surface area is 125 Å². The molecule has 5 nitrogen and oxygen atoms in total. The van der Waals surface area contributed by atoms with Gasteiger partial charge in [0.15, 0.2) is 0 Å². The molecule has 2 aromatic rings. The first-order valence-electron chi connectivity index (χ1n) is 7.61. The number of hydrogen-bond acceptors (Lipinski definition) is 4. The molecule has 0 radical (unpaired) electrons. The van der Waals surface area contributed by atoms with Crippen LogP contribution in [0.3, 0.4) is 0 Å². The molecule has 2 N–H and O–H groups in total. The van der Waals surface area contributed by atoms with Crippen LogP contribution in [-0.2, 0) is 19.4 Å². The van der Waals surface area contributed by atoms with Gasteiger partial charge in [0.05, 0.1) is 6.54 Å². The van der Waals surface area contributed by atoms with Crippen LogP contribution in [0.15, 0.2) is 30.6 Å². The average molecular weight is 286 g/mol. The summed E-state index contributed by atoms with van der Waals surface area (Å²) in [4.78, 5) is 4.26. The molecular formula is C16H22N4O. The number of benzene rings is 1. The third-order valence-electron chi connectivity index (χ3n) is 4.13. The molecule has 0 fully saturated rings. The SMILES string of the molecule is C[C@H](CCc1ccc(O)cc1)N[C@H]1CCc2ncnn2C1. The predicted octanol–water partition coefficient (Wildman–Crippen LogP) is 1.91. The van der Waals surface area contributed by atoms with Crippen molar-refractivity contribution < 1.29 is 5.11 Å². The quantitative estimate of drug-likeness (QED) is 0.881. The van der Waals surface area contributed by atoms with Crippen LogP contribution in [0.25, 0.3) is 0 Å². The lowest BCUT2D eigenvalue weighted by Gasteiger charge is -2.27. The van der Waals surface area contributed by atoms with Crippen molar-refractivity contribution in [3.05, 3.63) is 42.0 Å². The smallest absolute Gasteiger partial charge is 0.138 e. The van der Waals surface area contributed by atoms with Crippen LogP contribution < -0.4 is 5.32 Å². The summed E-state index contributed by atoms with van der Waals surface area (Å²) in [5, 5.41) is 17.2. The fraction of sp³-hybridized carbons (Fsp3) is 0.500. The Morgan fingerprint density at radius 3 is 3.00 bits per heavy atom. The number of aromatic nitrogens is 3. The monoisotopic (exact) mass is 286 g/mol. The number of hydrogen-bond donors (Lipinski definition) is 2. The number of aromatic hydroxyl groups is 1. The fourth-order valence-electron chi connectivity index (χ4n) is 2.91. The van der Waals surface area contributed by atoms with E-state index in [-0.39, 0.29) is 0 Å². The van der Waals surface area contributed by atoms with Gasteiger partial charge in [-0.2, -0.15) is 5.10 Å². The Morgan fingerprint density at radius 2 is 2.19 bits per heavy atom. The highest BCUT2D eigenvalue weighted by Crippen LogP contribution is 2.14. The zero-order valence-corrected chi connectivity index (χ0v) is 12.4. The standard InChI is InChI=1S/C16H22N4O/c1-12(2-3-13-4-7-15(21)8-5-13)19-14-6-9-16-17-11-18-20(16)10-14/h4-5,7-8,11-12,14,19,21H,2-3,6,9-10H2,1H3/t12-,14+/m1/s1. The van der Waals surface area contributed by atoms with Crippen molar-refractivity contribution in [1.82, 2.24) is 20.1 Å². The number of fused-ring (bicyclic) bond motifs is 1. The maximum Gasteiger partial charge on any atom is 0.138 e. The molecule has 1 aliphatic rings. The molecule has 112 valence electrons. The van der Waals surface area contributed by atoms with E-state index >= 15 is 0 Å². The average Bonchev–Trinajstić information content (AvgIpc) is 2.94. The second-order valence-corrected chi connectivity index (χ2v) is 5.87. The van der Waals surface area contributed by atoms with Crippen LogP contribution in [0.4, 0.5) is 0 Å². The third kappa shape index (κ3) is 3.61. The predicted molar refractivity (Wildman–Crippen MR) is 81.2 cm³/mol. The zero-order chi connectivity index (χ0) is 14.7. The molecule has 0 saturated heterocycles. The molecule has 2 heterocycles. The van der Waals surface area contributed by atoms with E-state index in [4.69, 9.17) is 0 Å². The highest BCUT2D eigenvalue weighted by molar-refractivity contribution is 5.25. The van der Waals surface area contributed by atoms with Crippen molar-refractivity contribution in [1.29, 1.82) is 0 Å². The minimum atomic E-state index is 0.329. The summed E-state index contributed by atoms with van der Waals surface area (Å²) in [5.74, 6) is 1.43. The number of nitrogens with one attached hydrogen (secondary N) is 1. The topological polar surface area (TPSA) is 63.0 Å². The normalized spacial score (nSPS) is 19.2. The Balaban J connectivity index is 1.46. The van der Waals surface area contributed by atoms with Crippen LogP contribution in [-0.4, -0.2) is 32.0 Å². The summed E-state index contributed by atoms with van der Waals surface area (Å²) < 4.78 is 2.01. The second-order valence-electron chi connectivity index (χ2n) is 5.87. The molecular weight excluding hydrogens is 264 g/mol. The first kappa shape index (κ1) is 14.1. The Kier molecular flexibility index (Phi) is 4.20. The summed E-state index contributed by atoms with van der Waals surface area (Å²) >= 11 is 0. The van der Waals surface area contributed by atoms with Gasteiger partial charge in [0.2, 0.25) is 0 Å². The highest BCUT2D eigenvalue weighted by Gasteiger charge is 2.20. The molecule has 0 bridgehead atoms. The molecule has 1 aliphatic heterocycles. The van der Waals surface area contributed by atoms with Crippen molar-refractivity contribution in [2.24, 2.45) is 0 Å². The van der Waals surface area contributed by atoms with Gasteiger partial charge in [-0.05, 0) is 43.9 Å². The molecule has 21 heavy (non-hydrogen) atoms. The summed E-state index contributed by atoms with van der Waals surface area (Å²) in [7, 11) is 0. The van der Waals surface area contributed by atoms with Gasteiger partial charge in [0, 0.05) is 18.5 Å². The number of phenolic OH excluding ortho intramolecular Hbond substituents is 1. The number of rotatable bonds is 5. The lowest BCUT2D eigenvalue weighted by atomic mass is 10.0. The lowest BCUT2D eigenvalue weighted by Crippen LogP contribution is -2.42. The zero-order valence-electron chi connectivity index (χ0n) is 12.4. The van der Waals surface area contributed by atoms with Crippen molar-refractivity contribution in [2.75, 3.05) is 0 Å². The molecule has 0 unspecified atom stereocenters. The molecule has 0 amide bonds. The van der Waals surface area contributed by atoms with E-state index in [9.17, 15) is 5.11 Å². The highest BCUT2D eigenvalue weighted by atomic mass is 16.3. The van der Waals surface area contributed by atoms with E-state index in [2.05, 4.69) is 22.3 Å². The van der Waals surface area contributed by atoms with Crippen LogP contribution in [0.5, 0.6) is 5.75 Å². The molecule has 2 atom stereocenters. The van der Waals surface area contributed by atoms with Gasteiger partial charge in [-0.25, -0.2) is 9.67 Å². The summed E-state index contributed by atoms with van der Waals surface area (Å²) in [6.07, 6.45) is 5.89.